The van der Waals surface area contributed by atoms with Gasteiger partial charge in [0.1, 0.15) is 6.23 Å². The van der Waals surface area contributed by atoms with Gasteiger partial charge in [0.15, 0.2) is 5.72 Å². The van der Waals surface area contributed by atoms with Crippen LogP contribution in [-0.4, -0.2) is 50.8 Å². The van der Waals surface area contributed by atoms with Gasteiger partial charge in [0.2, 0.25) is 5.60 Å². The molecule has 5 heterocycles. The van der Waals surface area contributed by atoms with Gasteiger partial charge in [-0.2, -0.15) is 0 Å². The van der Waals surface area contributed by atoms with Crippen molar-refractivity contribution in [3.05, 3.63) is 59.7 Å². The van der Waals surface area contributed by atoms with Gasteiger partial charge < -0.3 is 28.6 Å². The van der Waals surface area contributed by atoms with Crippen molar-refractivity contribution in [1.29, 1.82) is 0 Å². The molecule has 36 heavy (non-hydrogen) atoms. The SMILES string of the molecule is COC(=O)[C@]1(O)C[C@@H]2O[C@@]1(C)n1c3ccccc3c3c4c(c5c6ccccc6n2c5c31)C(=O)N(C)C4. The number of rotatable bonds is 1. The second kappa shape index (κ2) is 6.08. The molecule has 180 valence electrons. The number of carbonyl (C=O) groups excluding carboxylic acids is 2. The van der Waals surface area contributed by atoms with Crippen LogP contribution in [0.25, 0.3) is 43.6 Å². The minimum absolute atomic E-state index is 0.000707. The molecule has 8 nitrogen and oxygen atoms in total. The van der Waals surface area contributed by atoms with Crippen LogP contribution < -0.4 is 0 Å². The average Bonchev–Trinajstić information content (AvgIpc) is 3.54. The molecule has 1 fully saturated rings. The molecule has 1 N–H and O–H groups in total. The van der Waals surface area contributed by atoms with Crippen molar-refractivity contribution in [1.82, 2.24) is 14.0 Å². The number of aromatic nitrogens is 2. The van der Waals surface area contributed by atoms with E-state index in [1.807, 2.05) is 60.1 Å². The number of esters is 1. The molecule has 1 saturated heterocycles. The van der Waals surface area contributed by atoms with E-state index >= 15 is 0 Å². The second-order valence-corrected chi connectivity index (χ2v) is 10.3. The molecule has 5 aromatic rings. The summed E-state index contributed by atoms with van der Waals surface area (Å²) in [4.78, 5) is 28.5. The van der Waals surface area contributed by atoms with Crippen LogP contribution in [0.15, 0.2) is 48.5 Å². The zero-order chi connectivity index (χ0) is 24.7. The Balaban J connectivity index is 1.73. The normalized spacial score (nSPS) is 26.6. The third-order valence-electron chi connectivity index (χ3n) is 8.66. The van der Waals surface area contributed by atoms with Gasteiger partial charge in [0, 0.05) is 41.6 Å². The van der Waals surface area contributed by atoms with Crippen molar-refractivity contribution in [2.24, 2.45) is 0 Å². The molecule has 0 saturated carbocycles. The maximum Gasteiger partial charge on any atom is 0.343 e. The maximum atomic E-state index is 13.6. The van der Waals surface area contributed by atoms with Gasteiger partial charge in [-0.3, -0.25) is 4.79 Å². The van der Waals surface area contributed by atoms with E-state index in [-0.39, 0.29) is 12.3 Å². The summed E-state index contributed by atoms with van der Waals surface area (Å²) < 4.78 is 15.9. The molecule has 2 bridgehead atoms. The van der Waals surface area contributed by atoms with E-state index in [1.54, 1.807) is 11.8 Å². The molecule has 3 aromatic carbocycles. The number of hydrogen-bond acceptors (Lipinski definition) is 5. The largest absolute Gasteiger partial charge is 0.467 e. The Labute approximate surface area is 205 Å². The van der Waals surface area contributed by atoms with E-state index in [4.69, 9.17) is 9.47 Å². The summed E-state index contributed by atoms with van der Waals surface area (Å²) in [7, 11) is 3.11. The molecule has 0 spiro atoms. The predicted molar refractivity (Wildman–Crippen MR) is 134 cm³/mol. The van der Waals surface area contributed by atoms with E-state index < -0.39 is 23.5 Å². The van der Waals surface area contributed by atoms with Gasteiger partial charge >= 0.3 is 5.97 Å². The molecule has 2 aromatic heterocycles. The van der Waals surface area contributed by atoms with Crippen LogP contribution in [0.1, 0.15) is 35.5 Å². The van der Waals surface area contributed by atoms with Crippen LogP contribution in [0, 0.1) is 0 Å². The molecule has 1 amide bonds. The van der Waals surface area contributed by atoms with Gasteiger partial charge in [-0.15, -0.1) is 0 Å². The Bertz CT molecular complexity index is 1870. The molecule has 8 rings (SSSR count). The summed E-state index contributed by atoms with van der Waals surface area (Å²) in [5.74, 6) is -0.732. The number of para-hydroxylation sites is 2. The molecule has 8 heteroatoms. The van der Waals surface area contributed by atoms with Crippen LogP contribution in [0.5, 0.6) is 0 Å². The fourth-order valence-electron chi connectivity index (χ4n) is 7.10. The topological polar surface area (TPSA) is 85.9 Å². The highest BCUT2D eigenvalue weighted by Gasteiger charge is 2.65. The molecular weight excluding hydrogens is 458 g/mol. The highest BCUT2D eigenvalue weighted by Crippen LogP contribution is 2.58. The number of benzene rings is 3. The first-order chi connectivity index (χ1) is 17.3. The number of fused-ring (bicyclic) bond motifs is 13. The molecule has 3 aliphatic heterocycles. The number of amides is 1. The minimum atomic E-state index is -1.93. The highest BCUT2D eigenvalue weighted by molar-refractivity contribution is 6.31. The van der Waals surface area contributed by atoms with Gasteiger partial charge in [-0.25, -0.2) is 4.79 Å². The van der Waals surface area contributed by atoms with Crippen molar-refractivity contribution in [2.45, 2.75) is 37.4 Å². The molecule has 3 atom stereocenters. The fourth-order valence-corrected chi connectivity index (χ4v) is 7.10. The van der Waals surface area contributed by atoms with Crippen LogP contribution in [0.4, 0.5) is 0 Å². The van der Waals surface area contributed by atoms with Crippen LogP contribution >= 0.6 is 0 Å². The van der Waals surface area contributed by atoms with Gasteiger partial charge in [0.25, 0.3) is 5.91 Å². The molecule has 0 unspecified atom stereocenters. The Morgan fingerprint density at radius 2 is 1.72 bits per heavy atom. The number of aliphatic hydroxyl groups is 1. The first kappa shape index (κ1) is 20.3. The van der Waals surface area contributed by atoms with Crippen molar-refractivity contribution in [3.63, 3.8) is 0 Å². The molecule has 0 radical (unpaired) electrons. The lowest BCUT2D eigenvalue weighted by atomic mass is 9.88. The molecule has 3 aliphatic rings. The summed E-state index contributed by atoms with van der Waals surface area (Å²) in [5.41, 5.74) is 1.79. The first-order valence-corrected chi connectivity index (χ1v) is 12.1. The van der Waals surface area contributed by atoms with E-state index in [0.717, 1.165) is 54.7 Å². The predicted octanol–water partition coefficient (Wildman–Crippen LogP) is 4.00. The number of carbonyl (C=O) groups is 2. The minimum Gasteiger partial charge on any atom is -0.467 e. The van der Waals surface area contributed by atoms with E-state index in [0.29, 0.717) is 6.54 Å². The molecule has 0 aliphatic carbocycles. The van der Waals surface area contributed by atoms with Gasteiger partial charge in [-0.1, -0.05) is 36.4 Å². The lowest BCUT2D eigenvalue weighted by molar-refractivity contribution is -0.202. The monoisotopic (exact) mass is 481 g/mol. The van der Waals surface area contributed by atoms with E-state index in [9.17, 15) is 14.7 Å². The second-order valence-electron chi connectivity index (χ2n) is 10.3. The number of methoxy groups -OCH3 is 1. The van der Waals surface area contributed by atoms with Crippen LogP contribution in [-0.2, 0) is 26.5 Å². The third kappa shape index (κ3) is 1.93. The summed E-state index contributed by atoms with van der Waals surface area (Å²) in [6, 6.07) is 15.9. The van der Waals surface area contributed by atoms with Crippen molar-refractivity contribution >= 4 is 55.5 Å². The van der Waals surface area contributed by atoms with E-state index in [2.05, 4.69) is 4.57 Å². The Morgan fingerprint density at radius 1 is 1.06 bits per heavy atom. The summed E-state index contributed by atoms with van der Waals surface area (Å²) >= 11 is 0. The number of ether oxygens (including phenoxy) is 2. The zero-order valence-electron chi connectivity index (χ0n) is 20.0. The van der Waals surface area contributed by atoms with Crippen molar-refractivity contribution in [2.75, 3.05) is 14.2 Å². The van der Waals surface area contributed by atoms with Crippen LogP contribution in [0.3, 0.4) is 0 Å². The number of hydrogen-bond donors (Lipinski definition) is 1. The van der Waals surface area contributed by atoms with Gasteiger partial charge in [-0.05, 0) is 24.6 Å². The third-order valence-corrected chi connectivity index (χ3v) is 8.66. The smallest absolute Gasteiger partial charge is 0.343 e. The molecular formula is C28H23N3O5. The Kier molecular flexibility index (Phi) is 3.44. The summed E-state index contributed by atoms with van der Waals surface area (Å²) in [5, 5.41) is 15.8. The lowest BCUT2D eigenvalue weighted by Gasteiger charge is -2.37. The van der Waals surface area contributed by atoms with Crippen molar-refractivity contribution < 1.29 is 24.2 Å². The summed E-state index contributed by atoms with van der Waals surface area (Å²) in [6.45, 7) is 2.25. The first-order valence-electron chi connectivity index (χ1n) is 12.1. The van der Waals surface area contributed by atoms with Crippen LogP contribution in [0.2, 0.25) is 0 Å². The zero-order valence-corrected chi connectivity index (χ0v) is 20.0. The standard InChI is InChI=1S/C28H23N3O5/c1-27-28(34,26(33)35-3)12-19(36-27)30-17-10-6-4-8-14(17)21-22-16(13-29(2)25(22)32)20-15-9-5-7-11-18(15)31(27)24(20)23(21)30/h4-11,19,34H,12-13H2,1-3H3/t19-,27+,28+/m0/s1. The summed E-state index contributed by atoms with van der Waals surface area (Å²) in [6.07, 6.45) is -0.627. The number of nitrogens with zero attached hydrogens (tertiary/aromatic N) is 3. The quantitative estimate of drug-likeness (QED) is 0.366. The lowest BCUT2D eigenvalue weighted by Crippen LogP contribution is -2.56. The van der Waals surface area contributed by atoms with E-state index in [1.165, 1.54) is 7.11 Å². The van der Waals surface area contributed by atoms with Crippen molar-refractivity contribution in [3.8, 4) is 0 Å². The Morgan fingerprint density at radius 3 is 2.44 bits per heavy atom. The fraction of sp³-hybridized carbons (Fsp3) is 0.286. The Hall–Kier alpha value is -3.88. The van der Waals surface area contributed by atoms with Gasteiger partial charge in [0.05, 0.1) is 34.7 Å². The average molecular weight is 482 g/mol. The maximum absolute atomic E-state index is 13.6. The highest BCUT2D eigenvalue weighted by atomic mass is 16.6.